The minimum absolute atomic E-state index is 0.00508. The lowest BCUT2D eigenvalue weighted by molar-refractivity contribution is -0.148. The first-order valence-corrected chi connectivity index (χ1v) is 12.4. The average Bonchev–Trinajstić information content (AvgIpc) is 3.26. The first-order valence-electron chi connectivity index (χ1n) is 12.4. The molecule has 0 aromatic heterocycles. The molecule has 3 N–H and O–H groups in total. The monoisotopic (exact) mass is 476 g/mol. The van der Waals surface area contributed by atoms with Gasteiger partial charge in [0, 0.05) is 12.0 Å². The van der Waals surface area contributed by atoms with Gasteiger partial charge in [0.15, 0.2) is 0 Å². The van der Waals surface area contributed by atoms with E-state index in [0.717, 1.165) is 17.5 Å². The van der Waals surface area contributed by atoms with E-state index in [0.29, 0.717) is 25.7 Å². The number of carboxylic acids is 1. The second kappa shape index (κ2) is 8.70. The zero-order valence-corrected chi connectivity index (χ0v) is 20.2. The summed E-state index contributed by atoms with van der Waals surface area (Å²) >= 11 is 0. The number of hydrogen-bond acceptors (Lipinski definition) is 4. The van der Waals surface area contributed by atoms with Crippen molar-refractivity contribution in [2.24, 2.45) is 11.3 Å². The Hall–Kier alpha value is -3.35. The highest BCUT2D eigenvalue weighted by Crippen LogP contribution is 2.63. The first kappa shape index (κ1) is 23.4. The Balaban J connectivity index is 1.18. The molecule has 2 fully saturated rings. The van der Waals surface area contributed by atoms with Crippen molar-refractivity contribution in [3.8, 4) is 11.1 Å². The van der Waals surface area contributed by atoms with Gasteiger partial charge < -0.3 is 20.5 Å². The number of nitrogens with one attached hydrogen (secondary N) is 2. The zero-order chi connectivity index (χ0) is 24.8. The van der Waals surface area contributed by atoms with Gasteiger partial charge in [0.1, 0.15) is 12.1 Å². The quantitative estimate of drug-likeness (QED) is 0.522. The number of benzene rings is 2. The van der Waals surface area contributed by atoms with Crippen LogP contribution in [0, 0.1) is 11.3 Å². The van der Waals surface area contributed by atoms with Crippen LogP contribution in [-0.2, 0) is 14.3 Å². The van der Waals surface area contributed by atoms with E-state index < -0.39 is 23.0 Å². The fourth-order valence-corrected chi connectivity index (χ4v) is 6.19. The summed E-state index contributed by atoms with van der Waals surface area (Å²) in [5.74, 6) is -1.07. The lowest BCUT2D eigenvalue weighted by atomic mass is 9.93. The normalized spacial score (nSPS) is 25.5. The van der Waals surface area contributed by atoms with Crippen LogP contribution < -0.4 is 10.6 Å². The van der Waals surface area contributed by atoms with E-state index in [4.69, 9.17) is 4.74 Å². The Morgan fingerprint density at radius 1 is 1.06 bits per heavy atom. The molecule has 3 aliphatic rings. The van der Waals surface area contributed by atoms with Crippen LogP contribution >= 0.6 is 0 Å². The number of ether oxygens (including phenoxy) is 1. The van der Waals surface area contributed by atoms with Crippen molar-refractivity contribution in [2.75, 3.05) is 6.61 Å². The molecule has 4 atom stereocenters. The lowest BCUT2D eigenvalue weighted by Gasteiger charge is -2.28. The number of hydrogen-bond donors (Lipinski definition) is 3. The molecule has 7 nitrogen and oxygen atoms in total. The van der Waals surface area contributed by atoms with Crippen LogP contribution in [0.25, 0.3) is 11.1 Å². The highest BCUT2D eigenvalue weighted by Gasteiger charge is 2.65. The summed E-state index contributed by atoms with van der Waals surface area (Å²) in [6, 6.07) is 16.2. The van der Waals surface area contributed by atoms with Crippen LogP contribution in [0.5, 0.6) is 0 Å². The van der Waals surface area contributed by atoms with Crippen molar-refractivity contribution in [1.29, 1.82) is 0 Å². The summed E-state index contributed by atoms with van der Waals surface area (Å²) in [4.78, 5) is 37.5. The second-order valence-electron chi connectivity index (χ2n) is 10.5. The second-order valence-corrected chi connectivity index (χ2v) is 10.5. The van der Waals surface area contributed by atoms with Gasteiger partial charge in [-0.15, -0.1) is 0 Å². The van der Waals surface area contributed by atoms with Gasteiger partial charge in [-0.05, 0) is 60.8 Å². The molecule has 5 rings (SSSR count). The molecule has 0 spiro atoms. The van der Waals surface area contributed by atoms with Gasteiger partial charge in [-0.1, -0.05) is 61.9 Å². The SMILES string of the molecule is CCCC(C)(NC(=O)C12CC(NC(=O)OCC3c4ccccc4-c4ccccc43)CC1C2)C(=O)O. The van der Waals surface area contributed by atoms with Crippen LogP contribution in [0.15, 0.2) is 48.5 Å². The maximum absolute atomic E-state index is 13.0. The summed E-state index contributed by atoms with van der Waals surface area (Å²) < 4.78 is 5.66. The maximum Gasteiger partial charge on any atom is 0.407 e. The zero-order valence-electron chi connectivity index (χ0n) is 20.2. The number of rotatable bonds is 8. The number of carbonyl (C=O) groups excluding carboxylic acids is 2. The smallest absolute Gasteiger partial charge is 0.407 e. The Kier molecular flexibility index (Phi) is 5.82. The molecule has 35 heavy (non-hydrogen) atoms. The van der Waals surface area contributed by atoms with E-state index in [1.165, 1.54) is 11.1 Å². The number of carbonyl (C=O) groups is 3. The fourth-order valence-electron chi connectivity index (χ4n) is 6.19. The third-order valence-electron chi connectivity index (χ3n) is 8.14. The van der Waals surface area contributed by atoms with Gasteiger partial charge in [-0.25, -0.2) is 9.59 Å². The summed E-state index contributed by atoms with van der Waals surface area (Å²) in [7, 11) is 0. The number of carboxylic acid groups (broad SMARTS) is 1. The molecule has 4 unspecified atom stereocenters. The molecule has 0 heterocycles. The summed E-state index contributed by atoms with van der Waals surface area (Å²) in [5.41, 5.74) is 2.83. The third kappa shape index (κ3) is 4.07. The van der Waals surface area contributed by atoms with Crippen molar-refractivity contribution in [2.45, 2.75) is 63.5 Å². The van der Waals surface area contributed by atoms with Crippen molar-refractivity contribution in [1.82, 2.24) is 10.6 Å². The van der Waals surface area contributed by atoms with Gasteiger partial charge in [0.25, 0.3) is 0 Å². The molecule has 2 aromatic rings. The molecule has 184 valence electrons. The van der Waals surface area contributed by atoms with Crippen molar-refractivity contribution < 1.29 is 24.2 Å². The Morgan fingerprint density at radius 3 is 2.29 bits per heavy atom. The minimum atomic E-state index is -1.27. The van der Waals surface area contributed by atoms with Gasteiger partial charge in [0.2, 0.25) is 5.91 Å². The molecule has 0 aliphatic heterocycles. The van der Waals surface area contributed by atoms with Crippen LogP contribution in [0.1, 0.15) is 63.0 Å². The average molecular weight is 477 g/mol. The van der Waals surface area contributed by atoms with Crippen molar-refractivity contribution >= 4 is 18.0 Å². The largest absolute Gasteiger partial charge is 0.480 e. The molecular weight excluding hydrogens is 444 g/mol. The van der Waals surface area contributed by atoms with Crippen LogP contribution in [0.4, 0.5) is 4.79 Å². The van der Waals surface area contributed by atoms with E-state index in [2.05, 4.69) is 34.9 Å². The lowest BCUT2D eigenvalue weighted by Crippen LogP contribution is -2.54. The van der Waals surface area contributed by atoms with Gasteiger partial charge >= 0.3 is 12.1 Å². The predicted octanol–water partition coefficient (Wildman–Crippen LogP) is 4.45. The molecule has 2 saturated carbocycles. The molecule has 2 aromatic carbocycles. The molecular formula is C28H32N2O5. The van der Waals surface area contributed by atoms with Crippen molar-refractivity contribution in [3.05, 3.63) is 59.7 Å². The van der Waals surface area contributed by atoms with Crippen molar-refractivity contribution in [3.63, 3.8) is 0 Å². The minimum Gasteiger partial charge on any atom is -0.480 e. The van der Waals surface area contributed by atoms with Crippen LogP contribution in [-0.4, -0.2) is 41.3 Å². The van der Waals surface area contributed by atoms with E-state index in [1.54, 1.807) is 6.92 Å². The Labute approximate surface area is 205 Å². The summed E-state index contributed by atoms with van der Waals surface area (Å²) in [6.45, 7) is 3.71. The topological polar surface area (TPSA) is 105 Å². The highest BCUT2D eigenvalue weighted by molar-refractivity contribution is 5.92. The number of fused-ring (bicyclic) bond motifs is 4. The van der Waals surface area contributed by atoms with E-state index in [9.17, 15) is 19.5 Å². The molecule has 7 heteroatoms. The van der Waals surface area contributed by atoms with E-state index >= 15 is 0 Å². The number of alkyl carbamates (subject to hydrolysis) is 1. The first-order chi connectivity index (χ1) is 16.8. The standard InChI is InChI=1S/C28H32N2O5/c1-3-12-27(2,25(32)33)30-24(31)28-14-17(28)13-18(15-28)29-26(34)35-16-23-21-10-6-4-8-19(21)20-9-5-7-11-22(20)23/h4-11,17-18,23H,3,12-16H2,1-2H3,(H,29,34)(H,30,31)(H,32,33). The van der Waals surface area contributed by atoms with Gasteiger partial charge in [-0.2, -0.15) is 0 Å². The molecule has 0 bridgehead atoms. The van der Waals surface area contributed by atoms with Crippen LogP contribution in [0.2, 0.25) is 0 Å². The Bertz CT molecular complexity index is 1130. The summed E-state index contributed by atoms with van der Waals surface area (Å²) in [6.07, 6.45) is 2.51. The molecule has 0 saturated heterocycles. The highest BCUT2D eigenvalue weighted by atomic mass is 16.5. The maximum atomic E-state index is 13.0. The van der Waals surface area contributed by atoms with Crippen LogP contribution in [0.3, 0.4) is 0 Å². The Morgan fingerprint density at radius 2 is 1.69 bits per heavy atom. The molecule has 3 aliphatic carbocycles. The predicted molar refractivity (Wildman–Crippen MR) is 131 cm³/mol. The summed E-state index contributed by atoms with van der Waals surface area (Å²) in [5, 5.41) is 15.3. The van der Waals surface area contributed by atoms with Gasteiger partial charge in [-0.3, -0.25) is 4.79 Å². The number of amides is 2. The fraction of sp³-hybridized carbons (Fsp3) is 0.464. The van der Waals surface area contributed by atoms with E-state index in [-0.39, 0.29) is 30.4 Å². The van der Waals surface area contributed by atoms with E-state index in [1.807, 2.05) is 31.2 Å². The third-order valence-corrected chi connectivity index (χ3v) is 8.14. The number of aliphatic carboxylic acids is 1. The molecule has 0 radical (unpaired) electrons. The van der Waals surface area contributed by atoms with Gasteiger partial charge in [0.05, 0.1) is 5.41 Å². The molecule has 2 amide bonds.